The Kier molecular flexibility index (Phi) is 3.30. The molecule has 0 spiro atoms. The van der Waals surface area contributed by atoms with E-state index in [1.165, 1.54) is 0 Å². The molecule has 0 aliphatic heterocycles. The highest BCUT2D eigenvalue weighted by Gasteiger charge is 2.26. The summed E-state index contributed by atoms with van der Waals surface area (Å²) in [5, 5.41) is 13.7. The molecule has 1 N–H and O–H groups in total. The van der Waals surface area contributed by atoms with Gasteiger partial charge in [0.05, 0.1) is 6.04 Å². The fourth-order valence-corrected chi connectivity index (χ4v) is 2.99. The normalized spacial score (nSPS) is 15.7. The number of fused-ring (bicyclic) bond motifs is 1. The van der Waals surface area contributed by atoms with Crippen LogP contribution in [-0.4, -0.2) is 20.9 Å². The molecule has 1 aliphatic carbocycles. The molecule has 1 aromatic heterocycles. The fraction of sp³-hybridized carbons (Fsp3) is 0.375. The predicted octanol–water partition coefficient (Wildman–Crippen LogP) is 3.07. The first-order valence-corrected chi connectivity index (χ1v) is 7.07. The molecule has 1 unspecified atom stereocenters. The highest BCUT2D eigenvalue weighted by Crippen LogP contribution is 2.29. The van der Waals surface area contributed by atoms with Crippen LogP contribution < -0.4 is 0 Å². The molecule has 0 radical (unpaired) electrons. The zero-order chi connectivity index (χ0) is 14.1. The molecule has 1 aromatic carbocycles. The summed E-state index contributed by atoms with van der Waals surface area (Å²) in [7, 11) is 0. The quantitative estimate of drug-likeness (QED) is 0.932. The molecule has 0 saturated heterocycles. The van der Waals surface area contributed by atoms with Crippen LogP contribution in [-0.2, 0) is 12.8 Å². The van der Waals surface area contributed by atoms with E-state index in [2.05, 4.69) is 24.2 Å². The summed E-state index contributed by atoms with van der Waals surface area (Å²) >= 11 is 0. The number of carboxylic acid groups (broad SMARTS) is 1. The molecule has 0 saturated carbocycles. The number of hydrogen-bond donors (Lipinski definition) is 1. The van der Waals surface area contributed by atoms with Gasteiger partial charge in [0.1, 0.15) is 0 Å². The van der Waals surface area contributed by atoms with Gasteiger partial charge in [0.2, 0.25) is 0 Å². The second kappa shape index (κ2) is 5.12. The number of rotatable bonds is 3. The van der Waals surface area contributed by atoms with E-state index in [1.807, 2.05) is 22.9 Å². The number of aromatic nitrogens is 2. The first-order chi connectivity index (χ1) is 9.68. The molecule has 0 fully saturated rings. The van der Waals surface area contributed by atoms with Crippen molar-refractivity contribution in [2.24, 2.45) is 0 Å². The third-order valence-electron chi connectivity index (χ3n) is 4.06. The summed E-state index contributed by atoms with van der Waals surface area (Å²) in [4.78, 5) is 11.4. The van der Waals surface area contributed by atoms with E-state index in [0.29, 0.717) is 0 Å². The number of carboxylic acids is 1. The summed E-state index contributed by atoms with van der Waals surface area (Å²) in [6.07, 6.45) is 3.92. The van der Waals surface area contributed by atoms with Crippen molar-refractivity contribution in [3.8, 4) is 0 Å². The standard InChI is InChI=1S/C16H18N2O2/c1-11(12-7-3-2-4-8-12)18-14-10-6-5-9-13(14)15(17-18)16(19)20/h2-4,7-8,11H,5-6,9-10H2,1H3,(H,19,20). The smallest absolute Gasteiger partial charge is 0.356 e. The Hall–Kier alpha value is -2.10. The van der Waals surface area contributed by atoms with Gasteiger partial charge in [-0.2, -0.15) is 5.10 Å². The van der Waals surface area contributed by atoms with Gasteiger partial charge in [0.15, 0.2) is 5.69 Å². The fourth-order valence-electron chi connectivity index (χ4n) is 2.99. The maximum absolute atomic E-state index is 11.4. The molecule has 20 heavy (non-hydrogen) atoms. The minimum absolute atomic E-state index is 0.0659. The van der Waals surface area contributed by atoms with Crippen LogP contribution in [0.4, 0.5) is 0 Å². The van der Waals surface area contributed by atoms with Crippen molar-refractivity contribution in [2.75, 3.05) is 0 Å². The third kappa shape index (κ3) is 2.11. The van der Waals surface area contributed by atoms with Crippen LogP contribution >= 0.6 is 0 Å². The summed E-state index contributed by atoms with van der Waals surface area (Å²) in [6.45, 7) is 2.07. The molecule has 0 amide bonds. The van der Waals surface area contributed by atoms with Gasteiger partial charge < -0.3 is 5.11 Å². The van der Waals surface area contributed by atoms with Crippen LogP contribution in [0, 0.1) is 0 Å². The summed E-state index contributed by atoms with van der Waals surface area (Å²) in [5.41, 5.74) is 3.43. The van der Waals surface area contributed by atoms with Crippen molar-refractivity contribution >= 4 is 5.97 Å². The maximum Gasteiger partial charge on any atom is 0.356 e. The van der Waals surface area contributed by atoms with Crippen molar-refractivity contribution in [1.82, 2.24) is 9.78 Å². The monoisotopic (exact) mass is 270 g/mol. The highest BCUT2D eigenvalue weighted by molar-refractivity contribution is 5.87. The molecule has 104 valence electrons. The van der Waals surface area contributed by atoms with Crippen molar-refractivity contribution in [2.45, 2.75) is 38.6 Å². The Morgan fingerprint density at radius 2 is 1.95 bits per heavy atom. The lowest BCUT2D eigenvalue weighted by atomic mass is 9.95. The SMILES string of the molecule is CC(c1ccccc1)n1nc(C(=O)O)c2c1CCCC2. The van der Waals surface area contributed by atoms with Gasteiger partial charge in [-0.05, 0) is 38.2 Å². The van der Waals surface area contributed by atoms with E-state index in [1.54, 1.807) is 0 Å². The number of nitrogens with zero attached hydrogens (tertiary/aromatic N) is 2. The highest BCUT2D eigenvalue weighted by atomic mass is 16.4. The first kappa shape index (κ1) is 12.9. The number of carbonyl (C=O) groups is 1. The van der Waals surface area contributed by atoms with Crippen molar-refractivity contribution < 1.29 is 9.90 Å². The van der Waals surface area contributed by atoms with Crippen LogP contribution in [0.3, 0.4) is 0 Å². The molecule has 1 atom stereocenters. The van der Waals surface area contributed by atoms with E-state index < -0.39 is 5.97 Å². The van der Waals surface area contributed by atoms with Crippen LogP contribution in [0.2, 0.25) is 0 Å². The summed E-state index contributed by atoms with van der Waals surface area (Å²) in [5.74, 6) is -0.915. The van der Waals surface area contributed by atoms with E-state index in [-0.39, 0.29) is 11.7 Å². The lowest BCUT2D eigenvalue weighted by Gasteiger charge is -2.19. The van der Waals surface area contributed by atoms with Gasteiger partial charge in [0.25, 0.3) is 0 Å². The van der Waals surface area contributed by atoms with E-state index >= 15 is 0 Å². The largest absolute Gasteiger partial charge is 0.476 e. The Balaban J connectivity index is 2.08. The molecule has 3 rings (SSSR count). The minimum Gasteiger partial charge on any atom is -0.476 e. The van der Waals surface area contributed by atoms with E-state index in [0.717, 1.165) is 42.5 Å². The van der Waals surface area contributed by atoms with E-state index in [9.17, 15) is 9.90 Å². The predicted molar refractivity (Wildman–Crippen MR) is 76.1 cm³/mol. The van der Waals surface area contributed by atoms with Gasteiger partial charge in [-0.3, -0.25) is 4.68 Å². The molecule has 2 aromatic rings. The van der Waals surface area contributed by atoms with Crippen molar-refractivity contribution in [3.05, 3.63) is 52.8 Å². The van der Waals surface area contributed by atoms with Crippen LogP contribution in [0.25, 0.3) is 0 Å². The molecule has 1 heterocycles. The van der Waals surface area contributed by atoms with Gasteiger partial charge in [0, 0.05) is 11.3 Å². The second-order valence-corrected chi connectivity index (χ2v) is 5.32. The topological polar surface area (TPSA) is 55.1 Å². The van der Waals surface area contributed by atoms with Crippen molar-refractivity contribution in [1.29, 1.82) is 0 Å². The molecule has 1 aliphatic rings. The lowest BCUT2D eigenvalue weighted by molar-refractivity contribution is 0.0688. The zero-order valence-electron chi connectivity index (χ0n) is 11.5. The lowest BCUT2D eigenvalue weighted by Crippen LogP contribution is -2.14. The average Bonchev–Trinajstić information content (AvgIpc) is 2.87. The van der Waals surface area contributed by atoms with Gasteiger partial charge in [-0.1, -0.05) is 30.3 Å². The number of benzene rings is 1. The number of aromatic carboxylic acids is 1. The molecule has 4 heteroatoms. The van der Waals surface area contributed by atoms with Gasteiger partial charge in [-0.25, -0.2) is 4.79 Å². The van der Waals surface area contributed by atoms with Crippen LogP contribution in [0.1, 0.15) is 53.1 Å². The first-order valence-electron chi connectivity index (χ1n) is 7.07. The maximum atomic E-state index is 11.4. The zero-order valence-corrected chi connectivity index (χ0v) is 11.5. The Morgan fingerprint density at radius 3 is 2.65 bits per heavy atom. The Labute approximate surface area is 118 Å². The Bertz CT molecular complexity index is 631. The molecule has 0 bridgehead atoms. The van der Waals surface area contributed by atoms with Gasteiger partial charge >= 0.3 is 5.97 Å². The van der Waals surface area contributed by atoms with Crippen LogP contribution in [0.15, 0.2) is 30.3 Å². The van der Waals surface area contributed by atoms with Crippen molar-refractivity contribution in [3.63, 3.8) is 0 Å². The van der Waals surface area contributed by atoms with Crippen LogP contribution in [0.5, 0.6) is 0 Å². The summed E-state index contributed by atoms with van der Waals surface area (Å²) in [6, 6.07) is 10.2. The Morgan fingerprint density at radius 1 is 1.25 bits per heavy atom. The van der Waals surface area contributed by atoms with E-state index in [4.69, 9.17) is 0 Å². The summed E-state index contributed by atoms with van der Waals surface area (Å²) < 4.78 is 1.91. The molecule has 4 nitrogen and oxygen atoms in total. The third-order valence-corrected chi connectivity index (χ3v) is 4.06. The molecular formula is C16H18N2O2. The second-order valence-electron chi connectivity index (χ2n) is 5.32. The minimum atomic E-state index is -0.915. The van der Waals surface area contributed by atoms with Gasteiger partial charge in [-0.15, -0.1) is 0 Å². The number of hydrogen-bond acceptors (Lipinski definition) is 2. The molecular weight excluding hydrogens is 252 g/mol. The average molecular weight is 270 g/mol.